The molecular weight excluding hydrogens is 486 g/mol. The van der Waals surface area contributed by atoms with Crippen molar-refractivity contribution >= 4 is 34.5 Å². The van der Waals surface area contributed by atoms with E-state index in [1.165, 1.54) is 5.56 Å². The summed E-state index contributed by atoms with van der Waals surface area (Å²) in [5.74, 6) is 0.699. The summed E-state index contributed by atoms with van der Waals surface area (Å²) in [6.07, 6.45) is 1.59. The normalized spacial score (nSPS) is 15.1. The number of nitrogens with zero attached hydrogens (tertiary/aromatic N) is 2. The third kappa shape index (κ3) is 5.70. The molecule has 5 rings (SSSR count). The van der Waals surface area contributed by atoms with Crippen LogP contribution in [-0.2, 0) is 11.3 Å². The highest BCUT2D eigenvalue weighted by Crippen LogP contribution is 2.28. The van der Waals surface area contributed by atoms with Crippen LogP contribution in [0.15, 0.2) is 71.1 Å². The number of aromatic nitrogens is 1. The number of rotatable bonds is 6. The lowest BCUT2D eigenvalue weighted by molar-refractivity contribution is -0.126. The zero-order valence-electron chi connectivity index (χ0n) is 21.0. The first kappa shape index (κ1) is 25.0. The Morgan fingerprint density at radius 3 is 2.46 bits per heavy atom. The SMILES string of the molecule is Cc1ccc(-c2nc3cc(C(=O)N4CCC([C@H](C)C(=O)NCc5ccc(Cl)cc5)CC4)ccc3o2)cc1. The molecule has 0 aliphatic carbocycles. The van der Waals surface area contributed by atoms with Crippen molar-refractivity contribution in [3.63, 3.8) is 0 Å². The first-order valence-electron chi connectivity index (χ1n) is 12.7. The second kappa shape index (κ2) is 10.8. The summed E-state index contributed by atoms with van der Waals surface area (Å²) in [5.41, 5.74) is 5.02. The minimum atomic E-state index is -0.115. The maximum Gasteiger partial charge on any atom is 0.253 e. The number of aryl methyl sites for hydroxylation is 1. The third-order valence-electron chi connectivity index (χ3n) is 7.26. The van der Waals surface area contributed by atoms with Crippen molar-refractivity contribution < 1.29 is 14.0 Å². The van der Waals surface area contributed by atoms with Gasteiger partial charge in [-0.15, -0.1) is 0 Å². The van der Waals surface area contributed by atoms with Crippen molar-refractivity contribution in [3.05, 3.63) is 88.4 Å². The molecule has 2 amide bonds. The Labute approximate surface area is 221 Å². The molecule has 1 saturated heterocycles. The molecule has 1 N–H and O–H groups in total. The average Bonchev–Trinajstić information content (AvgIpc) is 3.36. The summed E-state index contributed by atoms with van der Waals surface area (Å²) in [4.78, 5) is 32.4. The molecule has 1 aliphatic rings. The summed E-state index contributed by atoms with van der Waals surface area (Å²) < 4.78 is 5.91. The zero-order valence-corrected chi connectivity index (χ0v) is 21.8. The number of hydrogen-bond acceptors (Lipinski definition) is 4. The number of oxazole rings is 1. The standard InChI is InChI=1S/C30H30ClN3O3/c1-19-3-7-23(8-4-19)29-33-26-17-24(9-12-27(26)37-29)30(36)34-15-13-22(14-16-34)20(2)28(35)32-18-21-5-10-25(31)11-6-21/h3-12,17,20,22H,13-16,18H2,1-2H3,(H,32,35)/t20-/m0/s1. The molecule has 1 atom stereocenters. The minimum absolute atomic E-state index is 0.0138. The van der Waals surface area contributed by atoms with E-state index >= 15 is 0 Å². The van der Waals surface area contributed by atoms with Gasteiger partial charge >= 0.3 is 0 Å². The Morgan fingerprint density at radius 2 is 1.76 bits per heavy atom. The zero-order chi connectivity index (χ0) is 25.9. The number of piperidine rings is 1. The number of nitrogens with one attached hydrogen (secondary N) is 1. The molecule has 3 aromatic carbocycles. The molecular formula is C30H30ClN3O3. The molecule has 4 aromatic rings. The van der Waals surface area contributed by atoms with Crippen molar-refractivity contribution in [2.75, 3.05) is 13.1 Å². The minimum Gasteiger partial charge on any atom is -0.436 e. The molecule has 190 valence electrons. The van der Waals surface area contributed by atoms with Gasteiger partial charge in [-0.05, 0) is 73.7 Å². The van der Waals surface area contributed by atoms with Crippen LogP contribution in [0.4, 0.5) is 0 Å². The molecule has 0 spiro atoms. The second-order valence-corrected chi connectivity index (χ2v) is 10.3. The van der Waals surface area contributed by atoms with E-state index in [2.05, 4.69) is 10.3 Å². The van der Waals surface area contributed by atoms with E-state index < -0.39 is 0 Å². The molecule has 1 fully saturated rings. The van der Waals surface area contributed by atoms with Gasteiger partial charge in [-0.1, -0.05) is 48.4 Å². The monoisotopic (exact) mass is 515 g/mol. The number of hydrogen-bond donors (Lipinski definition) is 1. The van der Waals surface area contributed by atoms with Gasteiger partial charge in [0.25, 0.3) is 5.91 Å². The Hall–Kier alpha value is -3.64. The molecule has 2 heterocycles. The summed E-state index contributed by atoms with van der Waals surface area (Å²) >= 11 is 5.93. The molecule has 0 radical (unpaired) electrons. The van der Waals surface area contributed by atoms with E-state index in [-0.39, 0.29) is 23.7 Å². The smallest absolute Gasteiger partial charge is 0.253 e. The van der Waals surface area contributed by atoms with E-state index in [4.69, 9.17) is 16.0 Å². The van der Waals surface area contributed by atoms with Crippen LogP contribution in [0.2, 0.25) is 5.02 Å². The Balaban J connectivity index is 1.17. The summed E-state index contributed by atoms with van der Waals surface area (Å²) in [6.45, 7) is 5.75. The summed E-state index contributed by atoms with van der Waals surface area (Å²) in [6, 6.07) is 20.9. The van der Waals surface area contributed by atoms with Crippen LogP contribution < -0.4 is 5.32 Å². The molecule has 1 aliphatic heterocycles. The average molecular weight is 516 g/mol. The predicted molar refractivity (Wildman–Crippen MR) is 145 cm³/mol. The fraction of sp³-hybridized carbons (Fsp3) is 0.300. The number of benzene rings is 3. The molecule has 0 bridgehead atoms. The lowest BCUT2D eigenvalue weighted by Gasteiger charge is -2.34. The fourth-order valence-electron chi connectivity index (χ4n) is 4.83. The van der Waals surface area contributed by atoms with E-state index in [9.17, 15) is 9.59 Å². The maximum absolute atomic E-state index is 13.2. The van der Waals surface area contributed by atoms with Crippen LogP contribution in [0, 0.1) is 18.8 Å². The number of carbonyl (C=O) groups is 2. The number of amides is 2. The molecule has 7 heteroatoms. The largest absolute Gasteiger partial charge is 0.436 e. The highest BCUT2D eigenvalue weighted by Gasteiger charge is 2.30. The van der Waals surface area contributed by atoms with Crippen LogP contribution >= 0.6 is 11.6 Å². The lowest BCUT2D eigenvalue weighted by Crippen LogP contribution is -2.42. The highest BCUT2D eigenvalue weighted by molar-refractivity contribution is 6.30. The number of carbonyl (C=O) groups excluding carboxylic acids is 2. The van der Waals surface area contributed by atoms with Crippen LogP contribution in [0.25, 0.3) is 22.6 Å². The fourth-order valence-corrected chi connectivity index (χ4v) is 4.96. The first-order valence-corrected chi connectivity index (χ1v) is 13.0. The molecule has 37 heavy (non-hydrogen) atoms. The Kier molecular flexibility index (Phi) is 7.28. The number of halogens is 1. The topological polar surface area (TPSA) is 75.4 Å². The van der Waals surface area contributed by atoms with Crippen molar-refractivity contribution in [1.82, 2.24) is 15.2 Å². The van der Waals surface area contributed by atoms with E-state index in [1.54, 1.807) is 12.1 Å². The predicted octanol–water partition coefficient (Wildman–Crippen LogP) is 6.26. The van der Waals surface area contributed by atoms with E-state index in [0.717, 1.165) is 24.0 Å². The lowest BCUT2D eigenvalue weighted by atomic mass is 9.84. The van der Waals surface area contributed by atoms with Gasteiger partial charge in [0.15, 0.2) is 5.58 Å². The first-order chi connectivity index (χ1) is 17.9. The Morgan fingerprint density at radius 1 is 1.05 bits per heavy atom. The van der Waals surface area contributed by atoms with Gasteiger partial charge < -0.3 is 14.6 Å². The van der Waals surface area contributed by atoms with Crippen molar-refractivity contribution in [2.45, 2.75) is 33.2 Å². The number of fused-ring (bicyclic) bond motifs is 1. The van der Waals surface area contributed by atoms with Gasteiger partial charge in [0.05, 0.1) is 0 Å². The van der Waals surface area contributed by atoms with Gasteiger partial charge in [-0.3, -0.25) is 9.59 Å². The molecule has 6 nitrogen and oxygen atoms in total. The van der Waals surface area contributed by atoms with E-state index in [0.29, 0.717) is 47.2 Å². The summed E-state index contributed by atoms with van der Waals surface area (Å²) in [5, 5.41) is 3.71. The van der Waals surface area contributed by atoms with Gasteiger partial charge in [0, 0.05) is 41.7 Å². The molecule has 0 saturated carbocycles. The van der Waals surface area contributed by atoms with Crippen LogP contribution in [-0.4, -0.2) is 34.8 Å². The Bertz CT molecular complexity index is 1400. The van der Waals surface area contributed by atoms with Gasteiger partial charge in [0.1, 0.15) is 5.52 Å². The van der Waals surface area contributed by atoms with Crippen molar-refractivity contribution in [1.29, 1.82) is 0 Å². The third-order valence-corrected chi connectivity index (χ3v) is 7.51. The maximum atomic E-state index is 13.2. The van der Waals surface area contributed by atoms with Crippen LogP contribution in [0.3, 0.4) is 0 Å². The van der Waals surface area contributed by atoms with Crippen molar-refractivity contribution in [3.8, 4) is 11.5 Å². The number of likely N-dealkylation sites (tertiary alicyclic amines) is 1. The summed E-state index contributed by atoms with van der Waals surface area (Å²) in [7, 11) is 0. The van der Waals surface area contributed by atoms with Crippen LogP contribution in [0.1, 0.15) is 41.3 Å². The van der Waals surface area contributed by atoms with E-state index in [1.807, 2.05) is 73.3 Å². The van der Waals surface area contributed by atoms with Gasteiger partial charge in [-0.25, -0.2) is 4.98 Å². The second-order valence-electron chi connectivity index (χ2n) is 9.83. The highest BCUT2D eigenvalue weighted by atomic mass is 35.5. The van der Waals surface area contributed by atoms with Gasteiger partial charge in [-0.2, -0.15) is 0 Å². The molecule has 0 unspecified atom stereocenters. The molecule has 1 aromatic heterocycles. The van der Waals surface area contributed by atoms with Gasteiger partial charge in [0.2, 0.25) is 11.8 Å². The van der Waals surface area contributed by atoms with Crippen molar-refractivity contribution in [2.24, 2.45) is 11.8 Å². The van der Waals surface area contributed by atoms with Crippen LogP contribution in [0.5, 0.6) is 0 Å². The quantitative estimate of drug-likeness (QED) is 0.329.